The van der Waals surface area contributed by atoms with E-state index in [1.165, 1.54) is 115 Å². The first-order valence-corrected chi connectivity index (χ1v) is 31.0. The van der Waals surface area contributed by atoms with E-state index in [4.69, 9.17) is 15.0 Å². The molecule has 87 heavy (non-hydrogen) atoms. The third kappa shape index (κ3) is 8.31. The molecule has 0 atom stereocenters. The largest absolute Gasteiger partial charge is 0.311 e. The van der Waals surface area contributed by atoms with Gasteiger partial charge in [0, 0.05) is 50.8 Å². The Morgan fingerprint density at radius 2 is 0.598 bits per heavy atom. The van der Waals surface area contributed by atoms with Gasteiger partial charge in [-0.2, -0.15) is 0 Å². The first-order valence-electron chi connectivity index (χ1n) is 31.0. The number of rotatable bonds is 5. The van der Waals surface area contributed by atoms with Gasteiger partial charge in [0.2, 0.25) is 0 Å². The molecule has 0 amide bonds. The minimum absolute atomic E-state index is 0.158. The average Bonchev–Trinajstić information content (AvgIpc) is 0.723. The van der Waals surface area contributed by atoms with Crippen LogP contribution in [0.15, 0.2) is 206 Å². The summed E-state index contributed by atoms with van der Waals surface area (Å²) in [5, 5.41) is 15.3. The fraction of sp³-hybridized carbons (Fsp3) is 0.198. The van der Waals surface area contributed by atoms with Crippen LogP contribution in [0.1, 0.15) is 105 Å². The molecule has 2 aliphatic rings. The standard InChI is InChI=1S/C81H70BN5/c1-78(2,3)56-41-57(79(4,5)6)44-60(43-56)86-64-37-53-31-29-47-25-19-27-49-33-35-62(70(53)68(47)49)72(64)82-73-63-36-34-50-28-20-26-48-30-32-54(71(63)69(48)50)38-65(73)87(61-45-58(80(7,8)9)42-59(46-61)81(10,11)12)67-40-55(39-66(86)74(67)82)77-84-75(51-21-15-13-16-22-51)83-76(85-77)52-23-17-14-18-24-52/h13-46H,1-12H3. The van der Waals surface area contributed by atoms with E-state index < -0.39 is 0 Å². The maximum absolute atomic E-state index is 5.56. The Labute approximate surface area is 511 Å². The number of aromatic nitrogens is 3. The van der Waals surface area contributed by atoms with Crippen LogP contribution in [0.25, 0.3) is 98.8 Å². The molecule has 0 N–H and O–H groups in total. The highest BCUT2D eigenvalue weighted by Gasteiger charge is 2.47. The van der Waals surface area contributed by atoms with Crippen molar-refractivity contribution in [2.24, 2.45) is 0 Å². The molecule has 3 heterocycles. The summed E-state index contributed by atoms with van der Waals surface area (Å²) in [6.45, 7) is 28.0. The van der Waals surface area contributed by atoms with Crippen LogP contribution in [0.5, 0.6) is 0 Å². The molecule has 422 valence electrons. The van der Waals surface area contributed by atoms with E-state index in [1.807, 2.05) is 0 Å². The summed E-state index contributed by atoms with van der Waals surface area (Å²) in [4.78, 5) is 21.7. The first kappa shape index (κ1) is 53.1. The molecule has 1 aromatic heterocycles. The Balaban J connectivity index is 1.13. The Morgan fingerprint density at radius 3 is 0.954 bits per heavy atom. The van der Waals surface area contributed by atoms with Gasteiger partial charge in [0.15, 0.2) is 17.5 Å². The van der Waals surface area contributed by atoms with Gasteiger partial charge in [-0.05, 0) is 173 Å². The number of benzene rings is 13. The predicted molar refractivity (Wildman–Crippen MR) is 372 cm³/mol. The van der Waals surface area contributed by atoms with E-state index in [9.17, 15) is 0 Å². The molecule has 0 fully saturated rings. The van der Waals surface area contributed by atoms with Crippen LogP contribution in [0.3, 0.4) is 0 Å². The van der Waals surface area contributed by atoms with E-state index in [0.29, 0.717) is 17.5 Å². The van der Waals surface area contributed by atoms with Gasteiger partial charge in [0.25, 0.3) is 6.71 Å². The lowest BCUT2D eigenvalue weighted by molar-refractivity contribution is 0.568. The van der Waals surface area contributed by atoms with Crippen molar-refractivity contribution in [2.75, 3.05) is 9.80 Å². The Hall–Kier alpha value is -9.39. The van der Waals surface area contributed by atoms with Crippen molar-refractivity contribution in [1.29, 1.82) is 0 Å². The van der Waals surface area contributed by atoms with Crippen molar-refractivity contribution in [2.45, 2.75) is 105 Å². The Bertz CT molecular complexity index is 4740. The quantitative estimate of drug-likeness (QED) is 0.127. The molecule has 2 aliphatic heterocycles. The van der Waals surface area contributed by atoms with Crippen molar-refractivity contribution >= 4 is 122 Å². The highest BCUT2D eigenvalue weighted by molar-refractivity contribution is 7.03. The molecule has 0 aliphatic carbocycles. The maximum atomic E-state index is 5.56. The van der Waals surface area contributed by atoms with E-state index in [1.54, 1.807) is 0 Å². The molecule has 5 nitrogen and oxygen atoms in total. The third-order valence-electron chi connectivity index (χ3n) is 19.1. The van der Waals surface area contributed by atoms with Gasteiger partial charge < -0.3 is 9.80 Å². The van der Waals surface area contributed by atoms with Crippen LogP contribution in [0, 0.1) is 0 Å². The third-order valence-corrected chi connectivity index (χ3v) is 19.1. The molecule has 14 aromatic rings. The van der Waals surface area contributed by atoms with Crippen LogP contribution in [-0.2, 0) is 21.7 Å². The first-order chi connectivity index (χ1) is 41.6. The lowest BCUT2D eigenvalue weighted by atomic mass is 9.32. The SMILES string of the molecule is CC(C)(C)c1cc(N2c3cc(-c4nc(-c5ccccc5)nc(-c5ccccc5)n4)cc4c3B(c3c2cc2ccc5cccc6ccc3c2c56)c2c(cc3ccc5cccc6ccc2c3c56)N4c2cc(C(C)(C)C)cc(C(C)(C)C)c2)cc(C(C)(C)C)c1. The molecule has 0 unspecified atom stereocenters. The van der Waals surface area contributed by atoms with E-state index in [0.717, 1.165) is 39.4 Å². The summed E-state index contributed by atoms with van der Waals surface area (Å²) in [7, 11) is 0. The smallest absolute Gasteiger partial charge is 0.253 e. The van der Waals surface area contributed by atoms with Crippen molar-refractivity contribution < 1.29 is 0 Å². The normalized spacial score (nSPS) is 13.7. The van der Waals surface area contributed by atoms with E-state index in [-0.39, 0.29) is 28.4 Å². The monoisotopic (exact) mass is 1120 g/mol. The van der Waals surface area contributed by atoms with Gasteiger partial charge in [-0.15, -0.1) is 0 Å². The highest BCUT2D eigenvalue weighted by atomic mass is 15.2. The summed E-state index contributed by atoms with van der Waals surface area (Å²) in [5.74, 6) is 1.86. The average molecular weight is 1120 g/mol. The summed E-state index contributed by atoms with van der Waals surface area (Å²) in [5.41, 5.74) is 18.0. The minimum Gasteiger partial charge on any atom is -0.311 e. The van der Waals surface area contributed by atoms with Crippen LogP contribution in [0.4, 0.5) is 34.1 Å². The highest BCUT2D eigenvalue weighted by Crippen LogP contribution is 2.52. The molecule has 0 bridgehead atoms. The lowest BCUT2D eigenvalue weighted by Crippen LogP contribution is -2.62. The molecule has 0 saturated carbocycles. The number of fused-ring (bicyclic) bond motifs is 6. The van der Waals surface area contributed by atoms with Crippen molar-refractivity contribution in [3.8, 4) is 34.2 Å². The lowest BCUT2D eigenvalue weighted by Gasteiger charge is -2.46. The second-order valence-electron chi connectivity index (χ2n) is 28.9. The summed E-state index contributed by atoms with van der Waals surface area (Å²) in [6.07, 6.45) is 0. The fourth-order valence-corrected chi connectivity index (χ4v) is 14.4. The van der Waals surface area contributed by atoms with Crippen LogP contribution >= 0.6 is 0 Å². The predicted octanol–water partition coefficient (Wildman–Crippen LogP) is 19.9. The minimum atomic E-state index is -0.227. The molecule has 13 aromatic carbocycles. The van der Waals surface area contributed by atoms with Crippen LogP contribution in [-0.4, -0.2) is 21.7 Å². The summed E-state index contributed by atoms with van der Waals surface area (Å²) < 4.78 is 0. The Kier molecular flexibility index (Phi) is 11.3. The summed E-state index contributed by atoms with van der Waals surface area (Å²) >= 11 is 0. The maximum Gasteiger partial charge on any atom is 0.253 e. The van der Waals surface area contributed by atoms with Crippen LogP contribution < -0.4 is 26.2 Å². The molecule has 0 spiro atoms. The number of hydrogen-bond donors (Lipinski definition) is 0. The van der Waals surface area contributed by atoms with Crippen LogP contribution in [0.2, 0.25) is 0 Å². The Morgan fingerprint density at radius 1 is 0.276 bits per heavy atom. The number of nitrogens with zero attached hydrogens (tertiary/aromatic N) is 5. The van der Waals surface area contributed by atoms with Crippen molar-refractivity contribution in [3.05, 3.63) is 229 Å². The zero-order chi connectivity index (χ0) is 59.8. The fourth-order valence-electron chi connectivity index (χ4n) is 14.4. The molecular formula is C81H70BN5. The number of hydrogen-bond acceptors (Lipinski definition) is 5. The molecule has 0 saturated heterocycles. The molecule has 16 rings (SSSR count). The number of anilines is 6. The van der Waals surface area contributed by atoms with Gasteiger partial charge >= 0.3 is 0 Å². The van der Waals surface area contributed by atoms with Gasteiger partial charge in [-0.3, -0.25) is 0 Å². The molecular weight excluding hydrogens is 1050 g/mol. The second-order valence-corrected chi connectivity index (χ2v) is 28.9. The van der Waals surface area contributed by atoms with E-state index >= 15 is 0 Å². The topological polar surface area (TPSA) is 45.2 Å². The van der Waals surface area contributed by atoms with Gasteiger partial charge in [0.05, 0.1) is 0 Å². The van der Waals surface area contributed by atoms with Gasteiger partial charge in [0.1, 0.15) is 0 Å². The molecule has 6 heteroatoms. The second kappa shape index (κ2) is 18.6. The van der Waals surface area contributed by atoms with Gasteiger partial charge in [-0.25, -0.2) is 15.0 Å². The van der Waals surface area contributed by atoms with E-state index in [2.05, 4.69) is 299 Å². The van der Waals surface area contributed by atoms with Gasteiger partial charge in [-0.1, -0.05) is 241 Å². The zero-order valence-electron chi connectivity index (χ0n) is 51.9. The van der Waals surface area contributed by atoms with Crippen molar-refractivity contribution in [3.63, 3.8) is 0 Å². The van der Waals surface area contributed by atoms with Crippen molar-refractivity contribution in [1.82, 2.24) is 15.0 Å². The zero-order valence-corrected chi connectivity index (χ0v) is 51.9. The summed E-state index contributed by atoms with van der Waals surface area (Å²) in [6, 6.07) is 78.2. The molecule has 0 radical (unpaired) electrons.